The molecular weight excluding hydrogens is 492 g/mol. The van der Waals surface area contributed by atoms with Crippen molar-refractivity contribution < 1.29 is 10.2 Å². The summed E-state index contributed by atoms with van der Waals surface area (Å²) in [6, 6.07) is 8.53. The molecule has 2 aromatic carbocycles. The number of phenolic OH excluding ortho intramolecular Hbond substituents is 2. The Hall–Kier alpha value is -2.62. The molecule has 3 rings (SSSR count). The third-order valence-electron chi connectivity index (χ3n) is 8.13. The zero-order valence-electron chi connectivity index (χ0n) is 27.2. The highest BCUT2D eigenvalue weighted by atomic mass is 16.3. The fourth-order valence-corrected chi connectivity index (χ4v) is 5.31. The Morgan fingerprint density at radius 2 is 0.875 bits per heavy atom. The summed E-state index contributed by atoms with van der Waals surface area (Å²) < 4.78 is 0. The van der Waals surface area contributed by atoms with Crippen LogP contribution < -0.4 is 0 Å². The lowest BCUT2D eigenvalue weighted by Gasteiger charge is -2.28. The van der Waals surface area contributed by atoms with E-state index in [1.165, 1.54) is 11.1 Å². The monoisotopic (exact) mass is 546 g/mol. The summed E-state index contributed by atoms with van der Waals surface area (Å²) in [6.45, 7) is 26.0. The number of phenols is 2. The van der Waals surface area contributed by atoms with Gasteiger partial charge in [-0.2, -0.15) is 0 Å². The van der Waals surface area contributed by atoms with Crippen LogP contribution in [-0.2, 0) is 21.7 Å². The minimum atomic E-state index is -0.179. The van der Waals surface area contributed by atoms with Crippen molar-refractivity contribution >= 4 is 12.4 Å². The molecule has 0 bridgehead atoms. The van der Waals surface area contributed by atoms with Crippen LogP contribution in [0.1, 0.15) is 142 Å². The van der Waals surface area contributed by atoms with Gasteiger partial charge in [-0.25, -0.2) is 0 Å². The minimum absolute atomic E-state index is 0.0378. The van der Waals surface area contributed by atoms with E-state index in [0.29, 0.717) is 11.5 Å². The van der Waals surface area contributed by atoms with Gasteiger partial charge in [0.25, 0.3) is 0 Å². The van der Waals surface area contributed by atoms with Gasteiger partial charge >= 0.3 is 0 Å². The number of rotatable bonds is 4. The molecule has 40 heavy (non-hydrogen) atoms. The summed E-state index contributed by atoms with van der Waals surface area (Å²) in [4.78, 5) is 10.1. The van der Waals surface area contributed by atoms with Gasteiger partial charge in [-0.3, -0.25) is 9.98 Å². The maximum absolute atomic E-state index is 11.2. The van der Waals surface area contributed by atoms with Gasteiger partial charge in [0.05, 0.1) is 12.1 Å². The highest BCUT2D eigenvalue weighted by molar-refractivity contribution is 5.86. The van der Waals surface area contributed by atoms with E-state index in [4.69, 9.17) is 9.98 Å². The topological polar surface area (TPSA) is 65.2 Å². The summed E-state index contributed by atoms with van der Waals surface area (Å²) in [5.41, 5.74) is 5.39. The number of aliphatic imine (C=N–C) groups is 2. The van der Waals surface area contributed by atoms with E-state index in [0.717, 1.165) is 47.9 Å². The van der Waals surface area contributed by atoms with Crippen molar-refractivity contribution in [3.63, 3.8) is 0 Å². The lowest BCUT2D eigenvalue weighted by Crippen LogP contribution is -2.27. The second kappa shape index (κ2) is 11.3. The van der Waals surface area contributed by atoms with Crippen molar-refractivity contribution in [3.05, 3.63) is 57.6 Å². The van der Waals surface area contributed by atoms with Crippen LogP contribution in [0.25, 0.3) is 0 Å². The molecule has 0 spiro atoms. The SMILES string of the molecule is CC(C)(C)c1cc(C=NC2CCCCC2N=Cc2cc(C(C)(C)C)cc(C(C)(C)C)c2O)c(O)c(C(C)(C)C)c1. The molecule has 2 aromatic rings. The van der Waals surface area contributed by atoms with Crippen molar-refractivity contribution in [2.24, 2.45) is 9.98 Å². The number of nitrogens with zero attached hydrogens (tertiary/aromatic N) is 2. The Labute approximate surface area is 244 Å². The van der Waals surface area contributed by atoms with Crippen LogP contribution in [0, 0.1) is 0 Å². The largest absolute Gasteiger partial charge is 0.507 e. The molecule has 1 fully saturated rings. The molecule has 2 N–H and O–H groups in total. The van der Waals surface area contributed by atoms with Crippen LogP contribution in [0.3, 0.4) is 0 Å². The predicted molar refractivity (Wildman–Crippen MR) is 172 cm³/mol. The van der Waals surface area contributed by atoms with Gasteiger partial charge in [0, 0.05) is 34.7 Å². The second-order valence-corrected chi connectivity index (χ2v) is 15.9. The van der Waals surface area contributed by atoms with Crippen molar-refractivity contribution in [2.75, 3.05) is 0 Å². The Kier molecular flexibility index (Phi) is 9.04. The van der Waals surface area contributed by atoms with Gasteiger partial charge in [-0.15, -0.1) is 0 Å². The lowest BCUT2D eigenvalue weighted by atomic mass is 9.79. The van der Waals surface area contributed by atoms with E-state index >= 15 is 0 Å². The molecule has 1 aliphatic rings. The molecule has 1 saturated carbocycles. The minimum Gasteiger partial charge on any atom is -0.507 e. The van der Waals surface area contributed by atoms with Crippen molar-refractivity contribution in [3.8, 4) is 11.5 Å². The molecule has 220 valence electrons. The standard InChI is InChI=1S/C36H54N2O2/c1-33(2,3)25-17-23(31(39)27(19-25)35(7,8)9)21-37-29-15-13-14-16-30(29)38-22-24-18-26(34(4,5)6)20-28(32(24)40)36(10,11)12/h17-22,29-30,39-40H,13-16H2,1-12H3. The van der Waals surface area contributed by atoms with Gasteiger partial charge in [0.1, 0.15) is 11.5 Å². The first-order valence-electron chi connectivity index (χ1n) is 15.0. The predicted octanol–water partition coefficient (Wildman–Crippen LogP) is 9.14. The highest BCUT2D eigenvalue weighted by Crippen LogP contribution is 2.39. The zero-order chi connectivity index (χ0) is 30.3. The van der Waals surface area contributed by atoms with Crippen molar-refractivity contribution in [2.45, 2.75) is 143 Å². The third-order valence-corrected chi connectivity index (χ3v) is 8.13. The molecule has 2 atom stereocenters. The molecule has 0 saturated heterocycles. The molecule has 0 radical (unpaired) electrons. The summed E-state index contributed by atoms with van der Waals surface area (Å²) >= 11 is 0. The summed E-state index contributed by atoms with van der Waals surface area (Å²) in [7, 11) is 0. The van der Waals surface area contributed by atoms with Crippen LogP contribution >= 0.6 is 0 Å². The molecule has 1 aliphatic carbocycles. The van der Waals surface area contributed by atoms with Crippen LogP contribution in [-0.4, -0.2) is 34.7 Å². The van der Waals surface area contributed by atoms with Crippen LogP contribution in [0.4, 0.5) is 0 Å². The fraction of sp³-hybridized carbons (Fsp3) is 0.611. The molecule has 0 heterocycles. The molecule has 0 aliphatic heterocycles. The Morgan fingerprint density at radius 1 is 0.550 bits per heavy atom. The molecular formula is C36H54N2O2. The Balaban J connectivity index is 2.00. The van der Waals surface area contributed by atoms with Gasteiger partial charge < -0.3 is 10.2 Å². The number of hydrogen-bond acceptors (Lipinski definition) is 4. The van der Waals surface area contributed by atoms with E-state index in [1.807, 2.05) is 12.4 Å². The maximum atomic E-state index is 11.2. The Morgan fingerprint density at radius 3 is 1.15 bits per heavy atom. The molecule has 2 unspecified atom stereocenters. The Bertz CT molecular complexity index is 1160. The molecule has 4 heteroatoms. The number of hydrogen-bond donors (Lipinski definition) is 2. The quantitative estimate of drug-likeness (QED) is 0.376. The van der Waals surface area contributed by atoms with Crippen LogP contribution in [0.5, 0.6) is 11.5 Å². The smallest absolute Gasteiger partial charge is 0.128 e. The van der Waals surface area contributed by atoms with Crippen LogP contribution in [0.2, 0.25) is 0 Å². The van der Waals surface area contributed by atoms with E-state index in [-0.39, 0.29) is 33.7 Å². The first-order chi connectivity index (χ1) is 18.2. The number of benzene rings is 2. The average molecular weight is 547 g/mol. The van der Waals surface area contributed by atoms with Crippen molar-refractivity contribution in [1.82, 2.24) is 0 Å². The van der Waals surface area contributed by atoms with Gasteiger partial charge in [0.2, 0.25) is 0 Å². The molecule has 0 amide bonds. The normalized spacial score (nSPS) is 19.6. The van der Waals surface area contributed by atoms with E-state index in [1.54, 1.807) is 0 Å². The van der Waals surface area contributed by atoms with Crippen LogP contribution in [0.15, 0.2) is 34.3 Å². The lowest BCUT2D eigenvalue weighted by molar-refractivity contribution is 0.389. The summed E-state index contributed by atoms with van der Waals surface area (Å²) in [5.74, 6) is 0.637. The number of aromatic hydroxyl groups is 2. The molecule has 4 nitrogen and oxygen atoms in total. The van der Waals surface area contributed by atoms with Gasteiger partial charge in [-0.1, -0.05) is 108 Å². The summed E-state index contributed by atoms with van der Waals surface area (Å²) in [5, 5.41) is 22.5. The van der Waals surface area contributed by atoms with E-state index < -0.39 is 0 Å². The second-order valence-electron chi connectivity index (χ2n) is 15.9. The van der Waals surface area contributed by atoms with E-state index in [9.17, 15) is 10.2 Å². The van der Waals surface area contributed by atoms with Crippen molar-refractivity contribution in [1.29, 1.82) is 0 Å². The van der Waals surface area contributed by atoms with E-state index in [2.05, 4.69) is 107 Å². The maximum Gasteiger partial charge on any atom is 0.128 e. The third kappa shape index (κ3) is 7.56. The fourth-order valence-electron chi connectivity index (χ4n) is 5.31. The molecule has 0 aromatic heterocycles. The first kappa shape index (κ1) is 31.9. The highest BCUT2D eigenvalue weighted by Gasteiger charge is 2.28. The summed E-state index contributed by atoms with van der Waals surface area (Å²) in [6.07, 6.45) is 7.90. The average Bonchev–Trinajstić information content (AvgIpc) is 2.80. The van der Waals surface area contributed by atoms with Gasteiger partial charge in [-0.05, 0) is 57.8 Å². The zero-order valence-corrected chi connectivity index (χ0v) is 27.2. The first-order valence-corrected chi connectivity index (χ1v) is 15.0. The van der Waals surface area contributed by atoms with Gasteiger partial charge in [0.15, 0.2) is 0 Å².